The van der Waals surface area contributed by atoms with Crippen LogP contribution in [0.3, 0.4) is 0 Å². The molecule has 0 aromatic carbocycles. The summed E-state index contributed by atoms with van der Waals surface area (Å²) in [5.41, 5.74) is 0.416. The highest BCUT2D eigenvalue weighted by Crippen LogP contribution is 2.29. The van der Waals surface area contributed by atoms with Gasteiger partial charge >= 0.3 is 5.97 Å². The van der Waals surface area contributed by atoms with Gasteiger partial charge < -0.3 is 10.1 Å². The summed E-state index contributed by atoms with van der Waals surface area (Å²) in [5, 5.41) is 3.29. The number of carbonyl (C=O) groups is 2. The number of halogens is 1. The molecule has 19 heavy (non-hydrogen) atoms. The second-order valence-corrected chi connectivity index (χ2v) is 5.52. The van der Waals surface area contributed by atoms with Gasteiger partial charge in [-0.15, -0.1) is 22.9 Å². The number of alkyl halides is 1. The molecule has 1 aromatic rings. The Balaban J connectivity index is 2.95. The molecule has 0 aliphatic heterocycles. The van der Waals surface area contributed by atoms with Crippen LogP contribution in [-0.4, -0.2) is 24.4 Å². The number of carbonyl (C=O) groups excluding carboxylic acids is 2. The summed E-state index contributed by atoms with van der Waals surface area (Å²) in [7, 11) is 0. The Labute approximate surface area is 122 Å². The van der Waals surface area contributed by atoms with Gasteiger partial charge in [0.1, 0.15) is 5.00 Å². The zero-order chi connectivity index (χ0) is 14.4. The number of rotatable bonds is 6. The molecule has 0 spiro atoms. The van der Waals surface area contributed by atoms with Gasteiger partial charge in [-0.2, -0.15) is 0 Å². The van der Waals surface area contributed by atoms with E-state index < -0.39 is 5.97 Å². The van der Waals surface area contributed by atoms with E-state index in [-0.39, 0.29) is 17.7 Å². The minimum absolute atomic E-state index is 0.190. The molecule has 0 aliphatic rings. The van der Waals surface area contributed by atoms with Crippen molar-refractivity contribution in [3.05, 3.63) is 16.5 Å². The molecule has 1 heterocycles. The Kier molecular flexibility index (Phi) is 6.31. The predicted molar refractivity (Wildman–Crippen MR) is 78.2 cm³/mol. The van der Waals surface area contributed by atoms with Crippen LogP contribution in [0.2, 0.25) is 0 Å². The molecule has 1 atom stereocenters. The number of aryl methyl sites for hydroxylation is 1. The van der Waals surface area contributed by atoms with Crippen LogP contribution in [0.1, 0.15) is 36.0 Å². The molecule has 1 N–H and O–H groups in total. The van der Waals surface area contributed by atoms with Crippen LogP contribution in [0.5, 0.6) is 0 Å². The first-order chi connectivity index (χ1) is 9.03. The standard InChI is InChI=1S/C13H18ClNO3S/c1-4-9-6-10(13(17)18-5-2)12(19-9)15-11(16)8(3)7-14/h6,8H,4-5,7H2,1-3H3,(H,15,16). The molecule has 1 rings (SSSR count). The number of hydrogen-bond acceptors (Lipinski definition) is 4. The Hall–Kier alpha value is -1.07. The summed E-state index contributed by atoms with van der Waals surface area (Å²) in [5.74, 6) is -0.659. The zero-order valence-corrected chi connectivity index (χ0v) is 12.9. The Morgan fingerprint density at radius 1 is 1.47 bits per heavy atom. The maximum Gasteiger partial charge on any atom is 0.341 e. The van der Waals surface area contributed by atoms with Crippen LogP contribution < -0.4 is 5.32 Å². The normalized spacial score (nSPS) is 12.0. The first-order valence-electron chi connectivity index (χ1n) is 6.20. The van der Waals surface area contributed by atoms with Gasteiger partial charge in [0.25, 0.3) is 0 Å². The molecular formula is C13H18ClNO3S. The molecule has 4 nitrogen and oxygen atoms in total. The van der Waals surface area contributed by atoms with Gasteiger partial charge in [-0.1, -0.05) is 13.8 Å². The number of anilines is 1. The molecule has 106 valence electrons. The van der Waals surface area contributed by atoms with Crippen molar-refractivity contribution in [3.8, 4) is 0 Å². The predicted octanol–water partition coefficient (Wildman–Crippen LogP) is 3.30. The van der Waals surface area contributed by atoms with E-state index in [2.05, 4.69) is 5.32 Å². The molecule has 0 saturated carbocycles. The lowest BCUT2D eigenvalue weighted by Crippen LogP contribution is -2.22. The van der Waals surface area contributed by atoms with Crippen molar-refractivity contribution >= 4 is 39.8 Å². The van der Waals surface area contributed by atoms with Crippen LogP contribution >= 0.6 is 22.9 Å². The molecule has 0 aliphatic carbocycles. The van der Waals surface area contributed by atoms with Crippen molar-refractivity contribution < 1.29 is 14.3 Å². The van der Waals surface area contributed by atoms with E-state index in [1.54, 1.807) is 19.9 Å². The second-order valence-electron chi connectivity index (χ2n) is 4.07. The quantitative estimate of drug-likeness (QED) is 0.648. The van der Waals surface area contributed by atoms with Gasteiger partial charge in [-0.05, 0) is 19.4 Å². The molecule has 1 unspecified atom stereocenters. The lowest BCUT2D eigenvalue weighted by Gasteiger charge is -2.09. The monoisotopic (exact) mass is 303 g/mol. The largest absolute Gasteiger partial charge is 0.462 e. The van der Waals surface area contributed by atoms with E-state index >= 15 is 0 Å². The highest BCUT2D eigenvalue weighted by atomic mass is 35.5. The zero-order valence-electron chi connectivity index (χ0n) is 11.3. The number of hydrogen-bond donors (Lipinski definition) is 1. The third-order valence-corrected chi connectivity index (χ3v) is 4.20. The fourth-order valence-electron chi connectivity index (χ4n) is 1.37. The summed E-state index contributed by atoms with van der Waals surface area (Å²) < 4.78 is 4.99. The number of ether oxygens (including phenoxy) is 1. The molecule has 1 aromatic heterocycles. The number of thiophene rings is 1. The van der Waals surface area contributed by atoms with E-state index in [0.717, 1.165) is 11.3 Å². The molecule has 1 amide bonds. The van der Waals surface area contributed by atoms with E-state index in [4.69, 9.17) is 16.3 Å². The van der Waals surface area contributed by atoms with Gasteiger partial charge in [0.15, 0.2) is 0 Å². The lowest BCUT2D eigenvalue weighted by molar-refractivity contribution is -0.118. The highest BCUT2D eigenvalue weighted by molar-refractivity contribution is 7.16. The van der Waals surface area contributed by atoms with Crippen molar-refractivity contribution in [3.63, 3.8) is 0 Å². The Morgan fingerprint density at radius 3 is 2.68 bits per heavy atom. The van der Waals surface area contributed by atoms with Crippen LogP contribution in [0.15, 0.2) is 6.07 Å². The Bertz CT molecular complexity index is 459. The van der Waals surface area contributed by atoms with Gasteiger partial charge in [-0.25, -0.2) is 4.79 Å². The van der Waals surface area contributed by atoms with Gasteiger partial charge in [0, 0.05) is 16.7 Å². The summed E-state index contributed by atoms with van der Waals surface area (Å²) in [6, 6.07) is 1.77. The number of nitrogens with one attached hydrogen (secondary N) is 1. The van der Waals surface area contributed by atoms with Crippen molar-refractivity contribution in [2.75, 3.05) is 17.8 Å². The van der Waals surface area contributed by atoms with Crippen LogP contribution in [-0.2, 0) is 16.0 Å². The maximum absolute atomic E-state index is 11.8. The fraction of sp³-hybridized carbons (Fsp3) is 0.538. The summed E-state index contributed by atoms with van der Waals surface area (Å²) >= 11 is 7.04. The third-order valence-electron chi connectivity index (χ3n) is 2.54. The molecule has 6 heteroatoms. The van der Waals surface area contributed by atoms with Gasteiger partial charge in [0.2, 0.25) is 5.91 Å². The Morgan fingerprint density at radius 2 is 2.16 bits per heavy atom. The fourth-order valence-corrected chi connectivity index (χ4v) is 2.50. The molecule has 0 fully saturated rings. The number of esters is 1. The van der Waals surface area contributed by atoms with Crippen molar-refractivity contribution in [2.45, 2.75) is 27.2 Å². The summed E-state index contributed by atoms with van der Waals surface area (Å²) in [4.78, 5) is 24.7. The maximum atomic E-state index is 11.8. The minimum Gasteiger partial charge on any atom is -0.462 e. The smallest absolute Gasteiger partial charge is 0.341 e. The molecule has 0 saturated heterocycles. The van der Waals surface area contributed by atoms with Crippen molar-refractivity contribution in [2.24, 2.45) is 5.92 Å². The minimum atomic E-state index is -0.410. The average Bonchev–Trinajstić information content (AvgIpc) is 2.81. The van der Waals surface area contributed by atoms with Crippen molar-refractivity contribution in [1.82, 2.24) is 0 Å². The number of amides is 1. The van der Waals surface area contributed by atoms with Crippen LogP contribution in [0, 0.1) is 5.92 Å². The van der Waals surface area contributed by atoms with Gasteiger partial charge in [-0.3, -0.25) is 4.79 Å². The topological polar surface area (TPSA) is 55.4 Å². The SMILES string of the molecule is CCOC(=O)c1cc(CC)sc1NC(=O)C(C)CCl. The first-order valence-corrected chi connectivity index (χ1v) is 7.55. The van der Waals surface area contributed by atoms with E-state index in [0.29, 0.717) is 17.2 Å². The summed E-state index contributed by atoms with van der Waals surface area (Å²) in [6.45, 7) is 5.79. The van der Waals surface area contributed by atoms with E-state index in [1.165, 1.54) is 11.3 Å². The lowest BCUT2D eigenvalue weighted by atomic mass is 10.2. The van der Waals surface area contributed by atoms with E-state index in [9.17, 15) is 9.59 Å². The van der Waals surface area contributed by atoms with Gasteiger partial charge in [0.05, 0.1) is 12.2 Å². The summed E-state index contributed by atoms with van der Waals surface area (Å²) in [6.07, 6.45) is 0.804. The highest BCUT2D eigenvalue weighted by Gasteiger charge is 2.20. The van der Waals surface area contributed by atoms with E-state index in [1.807, 2.05) is 6.92 Å². The third kappa shape index (κ3) is 4.21. The second kappa shape index (κ2) is 7.50. The molecule has 0 bridgehead atoms. The van der Waals surface area contributed by atoms with Crippen LogP contribution in [0.4, 0.5) is 5.00 Å². The first kappa shape index (κ1) is 16.0. The molecule has 0 radical (unpaired) electrons. The van der Waals surface area contributed by atoms with Crippen molar-refractivity contribution in [1.29, 1.82) is 0 Å². The average molecular weight is 304 g/mol. The van der Waals surface area contributed by atoms with Crippen LogP contribution in [0.25, 0.3) is 0 Å². The molecular weight excluding hydrogens is 286 g/mol.